The van der Waals surface area contributed by atoms with Gasteiger partial charge in [0.15, 0.2) is 11.3 Å². The number of fused-ring (bicyclic) bond motifs is 9. The third-order valence-electron chi connectivity index (χ3n) is 6.39. The fourth-order valence-electron chi connectivity index (χ4n) is 4.58. The van der Waals surface area contributed by atoms with Crippen LogP contribution in [0.15, 0.2) is 55.1 Å². The van der Waals surface area contributed by atoms with Crippen LogP contribution >= 0.6 is 11.3 Å². The van der Waals surface area contributed by atoms with Crippen molar-refractivity contribution in [3.05, 3.63) is 55.1 Å². The average molecular weight is 493 g/mol. The van der Waals surface area contributed by atoms with E-state index in [-0.39, 0.29) is 5.91 Å². The minimum atomic E-state index is 0.0335. The Morgan fingerprint density at radius 3 is 2.83 bits per heavy atom. The van der Waals surface area contributed by atoms with Crippen molar-refractivity contribution in [3.8, 4) is 11.3 Å². The van der Waals surface area contributed by atoms with Gasteiger partial charge in [0.05, 0.1) is 21.9 Å². The molecule has 8 bridgehead atoms. The number of hydrogen-bond acceptors (Lipinski definition) is 7. The second-order valence-electron chi connectivity index (χ2n) is 8.72. The minimum Gasteiger partial charge on any atom is -0.295 e. The highest BCUT2D eigenvalue weighted by molar-refractivity contribution is 7.24. The third kappa shape index (κ3) is 3.22. The van der Waals surface area contributed by atoms with E-state index in [0.717, 1.165) is 61.0 Å². The molecule has 7 rings (SSSR count). The Morgan fingerprint density at radius 2 is 1.92 bits per heavy atom. The molecule has 176 valence electrons. The van der Waals surface area contributed by atoms with Crippen molar-refractivity contribution in [2.24, 2.45) is 0 Å². The molecule has 0 saturated heterocycles. The fourth-order valence-corrected chi connectivity index (χ4v) is 5.62. The molecule has 0 radical (unpaired) electrons. The van der Waals surface area contributed by atoms with Gasteiger partial charge in [0.2, 0.25) is 5.91 Å². The van der Waals surface area contributed by atoms with E-state index in [4.69, 9.17) is 9.97 Å². The molecule has 5 aromatic heterocycles. The van der Waals surface area contributed by atoms with Gasteiger partial charge < -0.3 is 0 Å². The lowest BCUT2D eigenvalue weighted by atomic mass is 10.1. The molecule has 5 aromatic rings. The number of thiophene rings is 1. The van der Waals surface area contributed by atoms with E-state index in [1.807, 2.05) is 30.3 Å². The first-order valence-corrected chi connectivity index (χ1v) is 12.6. The van der Waals surface area contributed by atoms with Gasteiger partial charge in [-0.2, -0.15) is 0 Å². The lowest BCUT2D eigenvalue weighted by Crippen LogP contribution is -2.10. The standard InChI is InChI=1S/C26H20N8OS/c1-2-3-4-20(35)34-16-9-14(11-27-13-16)15-10-17-22(32-33-25(17)29-12-15)26-30-18-7-8-28-24(23(18)31-26)19-5-6-21(34)36-19/h5-13,32H,2-4H2,1H3,(H,29,33). The molecular formula is C26H20N8OS. The maximum Gasteiger partial charge on any atom is 0.232 e. The highest BCUT2D eigenvalue weighted by Crippen LogP contribution is 2.31. The number of nitrogens with one attached hydrogen (secondary N) is 2. The van der Waals surface area contributed by atoms with Gasteiger partial charge in [-0.3, -0.25) is 29.5 Å². The molecule has 0 spiro atoms. The van der Waals surface area contributed by atoms with Crippen molar-refractivity contribution in [1.29, 1.82) is 0 Å². The summed E-state index contributed by atoms with van der Waals surface area (Å²) in [7, 11) is 0. The number of H-pyrrole nitrogens is 2. The summed E-state index contributed by atoms with van der Waals surface area (Å²) in [6.07, 6.45) is 9.29. The maximum atomic E-state index is 13.5. The van der Waals surface area contributed by atoms with E-state index in [0.29, 0.717) is 23.2 Å². The number of nitrogens with zero attached hydrogens (tertiary/aromatic N) is 6. The second kappa shape index (κ2) is 8.06. The summed E-state index contributed by atoms with van der Waals surface area (Å²) in [6, 6.07) is 9.85. The summed E-state index contributed by atoms with van der Waals surface area (Å²) in [5, 5.41) is 8.05. The van der Waals surface area contributed by atoms with E-state index >= 15 is 0 Å². The van der Waals surface area contributed by atoms with Crippen molar-refractivity contribution in [3.63, 3.8) is 0 Å². The zero-order valence-corrected chi connectivity index (χ0v) is 20.1. The van der Waals surface area contributed by atoms with Crippen LogP contribution in [0.4, 0.5) is 0 Å². The predicted molar refractivity (Wildman–Crippen MR) is 142 cm³/mol. The van der Waals surface area contributed by atoms with E-state index in [9.17, 15) is 4.79 Å². The van der Waals surface area contributed by atoms with Crippen LogP contribution in [0.25, 0.3) is 64.9 Å². The van der Waals surface area contributed by atoms with Crippen LogP contribution < -0.4 is 0 Å². The summed E-state index contributed by atoms with van der Waals surface area (Å²) >= 11 is 1.51. The van der Waals surface area contributed by atoms with Crippen molar-refractivity contribution in [2.45, 2.75) is 26.2 Å². The third-order valence-corrected chi connectivity index (χ3v) is 7.47. The highest BCUT2D eigenvalue weighted by atomic mass is 32.1. The molecule has 0 aromatic carbocycles. The van der Waals surface area contributed by atoms with E-state index in [2.05, 4.69) is 32.1 Å². The molecule has 36 heavy (non-hydrogen) atoms. The van der Waals surface area contributed by atoms with Crippen molar-refractivity contribution in [1.82, 2.24) is 39.7 Å². The Morgan fingerprint density at radius 1 is 1.00 bits per heavy atom. The predicted octanol–water partition coefficient (Wildman–Crippen LogP) is 6.01. The lowest BCUT2D eigenvalue weighted by Gasteiger charge is -2.07. The SMILES string of the molecule is CCCCC(=O)n1c2cncc(c2)c2cnc3[nH][nH]c(c4nc5ccnc(c6ccc1s6)c5n4)-c3c2. The summed E-state index contributed by atoms with van der Waals surface area (Å²) in [5.74, 6) is 0.0335. The van der Waals surface area contributed by atoms with E-state index in [1.54, 1.807) is 29.4 Å². The Hall–Kier alpha value is -4.44. The first kappa shape index (κ1) is 20.9. The summed E-state index contributed by atoms with van der Waals surface area (Å²) in [4.78, 5) is 37.7. The molecule has 0 fully saturated rings. The fraction of sp³-hybridized carbons (Fsp3) is 0.154. The van der Waals surface area contributed by atoms with Gasteiger partial charge in [0.1, 0.15) is 21.6 Å². The van der Waals surface area contributed by atoms with Gasteiger partial charge in [-0.1, -0.05) is 13.3 Å². The molecule has 0 amide bonds. The monoisotopic (exact) mass is 492 g/mol. The Kier molecular flexibility index (Phi) is 4.68. The Labute approximate surface area is 207 Å². The molecule has 0 atom stereocenters. The number of hydrogen-bond donors (Lipinski definition) is 2. The van der Waals surface area contributed by atoms with Gasteiger partial charge in [0, 0.05) is 41.3 Å². The number of unbranched alkanes of at least 4 members (excludes halogenated alkanes) is 1. The number of rotatable bonds is 3. The number of imidazole rings is 1. The van der Waals surface area contributed by atoms with Crippen LogP contribution in [0, 0.1) is 0 Å². The van der Waals surface area contributed by atoms with Crippen LogP contribution in [0.3, 0.4) is 0 Å². The van der Waals surface area contributed by atoms with Crippen molar-refractivity contribution < 1.29 is 4.79 Å². The molecule has 9 nitrogen and oxygen atoms in total. The smallest absolute Gasteiger partial charge is 0.232 e. The van der Waals surface area contributed by atoms with Gasteiger partial charge >= 0.3 is 0 Å². The van der Waals surface area contributed by atoms with E-state index in [1.165, 1.54) is 11.3 Å². The zero-order chi connectivity index (χ0) is 24.2. The number of aromatic amines is 2. The average Bonchev–Trinajstić information content (AvgIpc) is 3.64. The Bertz CT molecular complexity index is 1980. The molecule has 0 aliphatic carbocycles. The highest BCUT2D eigenvalue weighted by Gasteiger charge is 2.16. The normalized spacial score (nSPS) is 11.9. The Balaban J connectivity index is 1.69. The van der Waals surface area contributed by atoms with Crippen LogP contribution in [-0.4, -0.2) is 45.6 Å². The van der Waals surface area contributed by atoms with Gasteiger partial charge in [-0.25, -0.2) is 15.0 Å². The van der Waals surface area contributed by atoms with Crippen molar-refractivity contribution in [2.75, 3.05) is 0 Å². The molecule has 0 unspecified atom stereocenters. The first-order chi connectivity index (χ1) is 17.7. The molecule has 2 N–H and O–H groups in total. The second-order valence-corrected chi connectivity index (χ2v) is 9.78. The van der Waals surface area contributed by atoms with E-state index < -0.39 is 0 Å². The number of carbonyl (C=O) groups is 1. The van der Waals surface area contributed by atoms with Gasteiger partial charge in [0.25, 0.3) is 0 Å². The van der Waals surface area contributed by atoms with Crippen LogP contribution in [0.1, 0.15) is 31.0 Å². The summed E-state index contributed by atoms with van der Waals surface area (Å²) in [6.45, 7) is 2.09. The van der Waals surface area contributed by atoms with Crippen LogP contribution in [0.5, 0.6) is 0 Å². The largest absolute Gasteiger partial charge is 0.295 e. The molecule has 2 aliphatic heterocycles. The molecule has 0 saturated carbocycles. The number of pyridine rings is 3. The molecular weight excluding hydrogens is 472 g/mol. The topological polar surface area (TPSA) is 118 Å². The first-order valence-electron chi connectivity index (χ1n) is 11.8. The summed E-state index contributed by atoms with van der Waals surface area (Å²) in [5.41, 5.74) is 5.83. The summed E-state index contributed by atoms with van der Waals surface area (Å²) < 4.78 is 2.68. The molecule has 2 aliphatic rings. The minimum absolute atomic E-state index is 0.0335. The molecule has 7 heterocycles. The maximum absolute atomic E-state index is 13.5. The number of aromatic nitrogens is 8. The quantitative estimate of drug-likeness (QED) is 0.312. The lowest BCUT2D eigenvalue weighted by molar-refractivity contribution is 0.0909. The van der Waals surface area contributed by atoms with Gasteiger partial charge in [-0.05, 0) is 36.8 Å². The van der Waals surface area contributed by atoms with Crippen LogP contribution in [-0.2, 0) is 0 Å². The molecule has 10 heteroatoms. The van der Waals surface area contributed by atoms with Crippen molar-refractivity contribution >= 4 is 70.9 Å². The number of carbonyl (C=O) groups excluding carboxylic acids is 1. The van der Waals surface area contributed by atoms with Gasteiger partial charge in [-0.15, -0.1) is 11.3 Å². The zero-order valence-electron chi connectivity index (χ0n) is 19.3. The van der Waals surface area contributed by atoms with Crippen LogP contribution in [0.2, 0.25) is 0 Å².